The fourth-order valence-corrected chi connectivity index (χ4v) is 3.60. The van der Waals surface area contributed by atoms with Gasteiger partial charge in [-0.2, -0.15) is 0 Å². The first-order valence-corrected chi connectivity index (χ1v) is 10.3. The van der Waals surface area contributed by atoms with Gasteiger partial charge in [-0.15, -0.1) is 11.3 Å². The van der Waals surface area contributed by atoms with Crippen molar-refractivity contribution in [2.75, 3.05) is 32.7 Å². The molecule has 8 heteroatoms. The van der Waals surface area contributed by atoms with Crippen molar-refractivity contribution in [3.05, 3.63) is 16.1 Å². The van der Waals surface area contributed by atoms with E-state index in [2.05, 4.69) is 36.1 Å². The zero-order valence-electron chi connectivity index (χ0n) is 17.4. The van der Waals surface area contributed by atoms with Gasteiger partial charge in [-0.1, -0.05) is 20.8 Å². The largest absolute Gasteiger partial charge is 0.444 e. The fraction of sp³-hybridized carbons (Fsp3) is 0.737. The lowest BCUT2D eigenvalue weighted by Gasteiger charge is -2.36. The summed E-state index contributed by atoms with van der Waals surface area (Å²) < 4.78 is 5.41. The summed E-state index contributed by atoms with van der Waals surface area (Å²) in [7, 11) is 0. The molecule has 0 aromatic carbocycles. The molecule has 0 saturated carbocycles. The van der Waals surface area contributed by atoms with E-state index in [4.69, 9.17) is 10.5 Å². The minimum atomic E-state index is -0.475. The Morgan fingerprint density at radius 2 is 1.78 bits per heavy atom. The van der Waals surface area contributed by atoms with Crippen LogP contribution in [0.15, 0.2) is 10.4 Å². The number of nitrogens with two attached hydrogens (primary N) is 1. The first-order valence-electron chi connectivity index (χ1n) is 9.43. The van der Waals surface area contributed by atoms with Crippen LogP contribution in [0.5, 0.6) is 0 Å². The molecule has 0 spiro atoms. The van der Waals surface area contributed by atoms with Crippen molar-refractivity contribution in [1.29, 1.82) is 0 Å². The topological polar surface area (TPSA) is 84.0 Å². The van der Waals surface area contributed by atoms with E-state index in [1.165, 1.54) is 0 Å². The molecule has 2 rings (SSSR count). The number of ether oxygens (including phenoxy) is 1. The molecule has 0 bridgehead atoms. The molecule has 2 heterocycles. The van der Waals surface area contributed by atoms with E-state index >= 15 is 0 Å². The predicted molar refractivity (Wildman–Crippen MR) is 110 cm³/mol. The molecule has 0 aliphatic carbocycles. The maximum atomic E-state index is 12.1. The zero-order valence-corrected chi connectivity index (χ0v) is 18.2. The Hall–Kier alpha value is -1.83. The number of thiazole rings is 1. The maximum absolute atomic E-state index is 12.1. The van der Waals surface area contributed by atoms with Crippen LogP contribution in [0.25, 0.3) is 0 Å². The highest BCUT2D eigenvalue weighted by molar-refractivity contribution is 7.09. The van der Waals surface area contributed by atoms with Crippen LogP contribution in [-0.2, 0) is 16.6 Å². The second-order valence-corrected chi connectivity index (χ2v) is 9.76. The van der Waals surface area contributed by atoms with E-state index < -0.39 is 5.60 Å². The predicted octanol–water partition coefficient (Wildman–Crippen LogP) is 2.85. The van der Waals surface area contributed by atoms with Crippen LogP contribution in [0.1, 0.15) is 52.2 Å². The van der Waals surface area contributed by atoms with Crippen LogP contribution in [0.4, 0.5) is 4.79 Å². The van der Waals surface area contributed by atoms with Gasteiger partial charge < -0.3 is 20.3 Å². The van der Waals surface area contributed by atoms with Gasteiger partial charge >= 0.3 is 6.09 Å². The number of carbonyl (C=O) groups excluding carboxylic acids is 1. The Balaban J connectivity index is 1.79. The monoisotopic (exact) mass is 395 g/mol. The Morgan fingerprint density at radius 1 is 1.19 bits per heavy atom. The number of nitrogens with zero attached hydrogens (tertiary/aromatic N) is 4. The number of piperazine rings is 1. The van der Waals surface area contributed by atoms with Crippen LogP contribution in [0, 0.1) is 0 Å². The number of hydrogen-bond acceptors (Lipinski definition) is 5. The second kappa shape index (κ2) is 8.46. The number of rotatable bonds is 3. The van der Waals surface area contributed by atoms with E-state index in [-0.39, 0.29) is 11.5 Å². The van der Waals surface area contributed by atoms with Gasteiger partial charge in [-0.3, -0.25) is 4.99 Å². The molecule has 0 atom stereocenters. The summed E-state index contributed by atoms with van der Waals surface area (Å²) >= 11 is 1.68. The van der Waals surface area contributed by atoms with E-state index in [1.54, 1.807) is 16.2 Å². The molecule has 1 amide bonds. The van der Waals surface area contributed by atoms with Crippen LogP contribution in [0.3, 0.4) is 0 Å². The van der Waals surface area contributed by atoms with Crippen LogP contribution in [0.2, 0.25) is 0 Å². The van der Waals surface area contributed by atoms with Gasteiger partial charge in [0.25, 0.3) is 0 Å². The first kappa shape index (κ1) is 21.5. The van der Waals surface area contributed by atoms with Crippen molar-refractivity contribution in [3.63, 3.8) is 0 Å². The average Bonchev–Trinajstić information content (AvgIpc) is 3.02. The Bertz CT molecular complexity index is 664. The van der Waals surface area contributed by atoms with Gasteiger partial charge in [0, 0.05) is 49.9 Å². The van der Waals surface area contributed by atoms with Crippen molar-refractivity contribution >= 4 is 23.4 Å². The van der Waals surface area contributed by atoms with Crippen LogP contribution >= 0.6 is 11.3 Å². The number of amides is 1. The lowest BCUT2D eigenvalue weighted by molar-refractivity contribution is 0.0186. The van der Waals surface area contributed by atoms with Crippen LogP contribution < -0.4 is 5.73 Å². The third kappa shape index (κ3) is 6.68. The highest BCUT2D eigenvalue weighted by Crippen LogP contribution is 2.24. The van der Waals surface area contributed by atoms with E-state index in [0.29, 0.717) is 38.7 Å². The van der Waals surface area contributed by atoms with E-state index in [1.807, 2.05) is 25.7 Å². The molecular weight excluding hydrogens is 362 g/mol. The summed E-state index contributed by atoms with van der Waals surface area (Å²) in [6.45, 7) is 15.3. The smallest absolute Gasteiger partial charge is 0.410 e. The summed E-state index contributed by atoms with van der Waals surface area (Å²) in [5, 5.41) is 3.21. The number of aliphatic imine (C=N–C) groups is 1. The summed E-state index contributed by atoms with van der Waals surface area (Å²) in [4.78, 5) is 25.0. The van der Waals surface area contributed by atoms with Gasteiger partial charge in [0.15, 0.2) is 5.96 Å². The number of hydrogen-bond donors (Lipinski definition) is 1. The lowest BCUT2D eigenvalue weighted by atomic mass is 9.93. The van der Waals surface area contributed by atoms with Gasteiger partial charge in [0.1, 0.15) is 5.60 Å². The average molecular weight is 396 g/mol. The zero-order chi connectivity index (χ0) is 20.2. The molecule has 0 radical (unpaired) electrons. The molecule has 1 aliphatic rings. The third-order valence-corrected chi connectivity index (χ3v) is 5.08. The van der Waals surface area contributed by atoms with Crippen LogP contribution in [-0.4, -0.2) is 65.2 Å². The Labute approximate surface area is 166 Å². The highest BCUT2D eigenvalue weighted by atomic mass is 32.1. The minimum Gasteiger partial charge on any atom is -0.444 e. The standard InChI is InChI=1S/C19H33N5O2S/c1-18(2,3)14-13-27-15(22-14)7-8-21-16(20)23-9-11-24(12-10-23)17(25)26-19(4,5)6/h13H,7-12H2,1-6H3,(H2,20,21). The molecule has 2 N–H and O–H groups in total. The Kier molecular flexibility index (Phi) is 6.72. The van der Waals surface area contributed by atoms with Crippen molar-refractivity contribution < 1.29 is 9.53 Å². The van der Waals surface area contributed by atoms with Crippen molar-refractivity contribution in [3.8, 4) is 0 Å². The molecule has 7 nitrogen and oxygen atoms in total. The molecule has 1 aliphatic heterocycles. The quantitative estimate of drug-likeness (QED) is 0.628. The summed E-state index contributed by atoms with van der Waals surface area (Å²) in [6, 6.07) is 0. The molecule has 152 valence electrons. The SMILES string of the molecule is CC(C)(C)OC(=O)N1CCN(C(N)=NCCc2nc(C(C)(C)C)cs2)CC1. The number of carbonyl (C=O) groups is 1. The van der Waals surface area contributed by atoms with Crippen molar-refractivity contribution in [2.45, 2.75) is 59.0 Å². The van der Waals surface area contributed by atoms with Gasteiger partial charge in [-0.25, -0.2) is 9.78 Å². The van der Waals surface area contributed by atoms with Gasteiger partial charge in [0.2, 0.25) is 0 Å². The van der Waals surface area contributed by atoms with E-state index in [0.717, 1.165) is 17.1 Å². The van der Waals surface area contributed by atoms with Crippen molar-refractivity contribution in [1.82, 2.24) is 14.8 Å². The molecule has 1 aromatic rings. The molecule has 0 unspecified atom stereocenters. The molecular formula is C19H33N5O2S. The number of aromatic nitrogens is 1. The normalized spacial score (nSPS) is 16.6. The molecule has 27 heavy (non-hydrogen) atoms. The number of guanidine groups is 1. The summed E-state index contributed by atoms with van der Waals surface area (Å²) in [5.74, 6) is 0.534. The second-order valence-electron chi connectivity index (χ2n) is 8.82. The fourth-order valence-electron chi connectivity index (χ4n) is 2.58. The summed E-state index contributed by atoms with van der Waals surface area (Å²) in [5.41, 5.74) is 6.86. The lowest BCUT2D eigenvalue weighted by Crippen LogP contribution is -2.53. The third-order valence-electron chi connectivity index (χ3n) is 4.17. The van der Waals surface area contributed by atoms with E-state index in [9.17, 15) is 4.79 Å². The molecule has 1 saturated heterocycles. The van der Waals surface area contributed by atoms with Gasteiger partial charge in [-0.05, 0) is 20.8 Å². The maximum Gasteiger partial charge on any atom is 0.410 e. The van der Waals surface area contributed by atoms with Crippen molar-refractivity contribution in [2.24, 2.45) is 10.7 Å². The minimum absolute atomic E-state index is 0.0743. The summed E-state index contributed by atoms with van der Waals surface area (Å²) in [6.07, 6.45) is 0.523. The van der Waals surface area contributed by atoms with Gasteiger partial charge in [0.05, 0.1) is 10.7 Å². The highest BCUT2D eigenvalue weighted by Gasteiger charge is 2.26. The molecule has 1 fully saturated rings. The Morgan fingerprint density at radius 3 is 2.30 bits per heavy atom. The molecule has 1 aromatic heterocycles. The first-order chi connectivity index (χ1) is 12.5.